The Morgan fingerprint density at radius 3 is 2.88 bits per heavy atom. The second-order valence-electron chi connectivity index (χ2n) is 6.59. The highest BCUT2D eigenvalue weighted by Gasteiger charge is 2.37. The van der Waals surface area contributed by atoms with E-state index in [1.165, 1.54) is 0 Å². The number of nitrogens with one attached hydrogen (secondary N) is 2. The molecule has 0 radical (unpaired) electrons. The lowest BCUT2D eigenvalue weighted by molar-refractivity contribution is -0.126. The van der Waals surface area contributed by atoms with Crippen molar-refractivity contribution in [2.75, 3.05) is 13.1 Å². The number of likely N-dealkylation sites (N-methyl/N-ethyl adjacent to an activating group) is 1. The summed E-state index contributed by atoms with van der Waals surface area (Å²) >= 11 is 0. The molecule has 2 N–H and O–H groups in total. The molecule has 1 aliphatic rings. The number of aryl methyl sites for hydroxylation is 1. The van der Waals surface area contributed by atoms with Gasteiger partial charge in [0.1, 0.15) is 18.1 Å². The van der Waals surface area contributed by atoms with E-state index in [1.54, 1.807) is 23.3 Å². The molecule has 0 saturated carbocycles. The molecule has 3 rings (SSSR count). The molecule has 0 bridgehead atoms. The average molecular weight is 359 g/mol. The van der Waals surface area contributed by atoms with E-state index in [0.29, 0.717) is 26.1 Å². The Labute approximate surface area is 152 Å². The van der Waals surface area contributed by atoms with E-state index >= 15 is 0 Å². The summed E-state index contributed by atoms with van der Waals surface area (Å²) in [5.41, 5.74) is 0. The van der Waals surface area contributed by atoms with Crippen LogP contribution in [0.2, 0.25) is 0 Å². The number of carbonyl (C=O) groups is 2. The maximum absolute atomic E-state index is 12.4. The fraction of sp³-hybridized carbons (Fsp3) is 0.500. The lowest BCUT2D eigenvalue weighted by Gasteiger charge is -2.22. The van der Waals surface area contributed by atoms with Gasteiger partial charge in [0.25, 0.3) is 0 Å². The SMILES string of the molecule is CCNC(=O)[C@@H]1C[C@@H](NC(=O)Cn2ccnc2)CN1Cc1ccc(C)o1. The zero-order valence-electron chi connectivity index (χ0n) is 15.1. The molecular formula is C18H25N5O3. The molecule has 140 valence electrons. The van der Waals surface area contributed by atoms with Gasteiger partial charge in [0, 0.05) is 31.5 Å². The maximum atomic E-state index is 12.4. The number of nitrogens with zero attached hydrogens (tertiary/aromatic N) is 3. The monoisotopic (exact) mass is 359 g/mol. The molecule has 3 heterocycles. The molecule has 0 aliphatic carbocycles. The highest BCUT2D eigenvalue weighted by atomic mass is 16.3. The van der Waals surface area contributed by atoms with E-state index < -0.39 is 0 Å². The second kappa shape index (κ2) is 8.18. The maximum Gasteiger partial charge on any atom is 0.240 e. The summed E-state index contributed by atoms with van der Waals surface area (Å²) in [6, 6.07) is 3.49. The van der Waals surface area contributed by atoms with Crippen LogP contribution in [0, 0.1) is 6.92 Å². The van der Waals surface area contributed by atoms with Crippen molar-refractivity contribution in [1.82, 2.24) is 25.1 Å². The number of carbonyl (C=O) groups excluding carboxylic acids is 2. The lowest BCUT2D eigenvalue weighted by Crippen LogP contribution is -2.42. The Balaban J connectivity index is 1.62. The molecule has 0 aromatic carbocycles. The van der Waals surface area contributed by atoms with E-state index in [4.69, 9.17) is 4.42 Å². The molecular weight excluding hydrogens is 334 g/mol. The fourth-order valence-electron chi connectivity index (χ4n) is 3.34. The number of amides is 2. The van der Waals surface area contributed by atoms with Crippen molar-refractivity contribution in [3.8, 4) is 0 Å². The van der Waals surface area contributed by atoms with Gasteiger partial charge in [0.05, 0.1) is 18.9 Å². The van der Waals surface area contributed by atoms with Crippen LogP contribution in [0.15, 0.2) is 35.3 Å². The van der Waals surface area contributed by atoms with E-state index in [-0.39, 0.29) is 30.4 Å². The minimum atomic E-state index is -0.279. The molecule has 2 aromatic rings. The van der Waals surface area contributed by atoms with Gasteiger partial charge in [-0.15, -0.1) is 0 Å². The minimum absolute atomic E-state index is 0.0119. The van der Waals surface area contributed by atoms with Crippen LogP contribution in [0.3, 0.4) is 0 Å². The van der Waals surface area contributed by atoms with Gasteiger partial charge in [0.2, 0.25) is 11.8 Å². The van der Waals surface area contributed by atoms with Gasteiger partial charge in [-0.2, -0.15) is 0 Å². The number of imidazole rings is 1. The summed E-state index contributed by atoms with van der Waals surface area (Å²) in [4.78, 5) is 30.7. The number of rotatable bonds is 7. The molecule has 2 amide bonds. The molecule has 1 saturated heterocycles. The van der Waals surface area contributed by atoms with Gasteiger partial charge < -0.3 is 19.6 Å². The smallest absolute Gasteiger partial charge is 0.240 e. The molecule has 2 aromatic heterocycles. The Morgan fingerprint density at radius 1 is 1.38 bits per heavy atom. The van der Waals surface area contributed by atoms with E-state index in [9.17, 15) is 9.59 Å². The Hall–Kier alpha value is -2.61. The van der Waals surface area contributed by atoms with Gasteiger partial charge in [-0.25, -0.2) is 4.98 Å². The first-order valence-electron chi connectivity index (χ1n) is 8.87. The Bertz CT molecular complexity index is 740. The molecule has 26 heavy (non-hydrogen) atoms. The average Bonchev–Trinajstić information content (AvgIpc) is 3.31. The lowest BCUT2D eigenvalue weighted by atomic mass is 10.1. The van der Waals surface area contributed by atoms with E-state index in [1.807, 2.05) is 26.0 Å². The van der Waals surface area contributed by atoms with Gasteiger partial charge in [-0.3, -0.25) is 14.5 Å². The number of hydrogen-bond donors (Lipinski definition) is 2. The van der Waals surface area contributed by atoms with Crippen LogP contribution in [-0.2, 0) is 22.7 Å². The number of hydrogen-bond acceptors (Lipinski definition) is 5. The molecule has 8 heteroatoms. The molecule has 2 atom stereocenters. The van der Waals surface area contributed by atoms with Crippen LogP contribution in [0.25, 0.3) is 0 Å². The standard InChI is InChI=1S/C18H25N5O3/c1-3-20-18(25)16-8-14(21-17(24)11-22-7-6-19-12-22)9-23(16)10-15-5-4-13(2)26-15/h4-7,12,14,16H,3,8-11H2,1-2H3,(H,20,25)(H,21,24)/t14-,16+/m1/s1. The van der Waals surface area contributed by atoms with Gasteiger partial charge in [-0.05, 0) is 32.4 Å². The molecule has 8 nitrogen and oxygen atoms in total. The summed E-state index contributed by atoms with van der Waals surface area (Å²) in [6.07, 6.45) is 5.58. The van der Waals surface area contributed by atoms with Crippen molar-refractivity contribution in [2.45, 2.75) is 45.4 Å². The highest BCUT2D eigenvalue weighted by molar-refractivity contribution is 5.82. The molecule has 1 fully saturated rings. The summed E-state index contributed by atoms with van der Waals surface area (Å²) in [7, 11) is 0. The van der Waals surface area contributed by atoms with Gasteiger partial charge in [-0.1, -0.05) is 0 Å². The minimum Gasteiger partial charge on any atom is -0.465 e. The Kier molecular flexibility index (Phi) is 5.72. The van der Waals surface area contributed by atoms with E-state index in [0.717, 1.165) is 11.5 Å². The summed E-state index contributed by atoms with van der Waals surface area (Å²) in [5.74, 6) is 1.57. The van der Waals surface area contributed by atoms with E-state index in [2.05, 4.69) is 20.5 Å². The topological polar surface area (TPSA) is 92.4 Å². The van der Waals surface area contributed by atoms with Gasteiger partial charge in [0.15, 0.2) is 0 Å². The van der Waals surface area contributed by atoms with Crippen LogP contribution in [-0.4, -0.2) is 51.4 Å². The van der Waals surface area contributed by atoms with Crippen molar-refractivity contribution in [3.05, 3.63) is 42.4 Å². The van der Waals surface area contributed by atoms with Gasteiger partial charge >= 0.3 is 0 Å². The molecule has 1 aliphatic heterocycles. The second-order valence-corrected chi connectivity index (χ2v) is 6.59. The summed E-state index contributed by atoms with van der Waals surface area (Å²) < 4.78 is 7.37. The summed E-state index contributed by atoms with van der Waals surface area (Å²) in [5, 5.41) is 5.91. The third-order valence-corrected chi connectivity index (χ3v) is 4.46. The number of aromatic nitrogens is 2. The first kappa shape index (κ1) is 18.2. The first-order valence-corrected chi connectivity index (χ1v) is 8.87. The normalized spacial score (nSPS) is 20.2. The van der Waals surface area contributed by atoms with Crippen molar-refractivity contribution in [3.63, 3.8) is 0 Å². The zero-order chi connectivity index (χ0) is 18.5. The van der Waals surface area contributed by atoms with Crippen molar-refractivity contribution in [2.24, 2.45) is 0 Å². The third-order valence-electron chi connectivity index (χ3n) is 4.46. The predicted octanol–water partition coefficient (Wildman–Crippen LogP) is 0.680. The van der Waals surface area contributed by atoms with Crippen LogP contribution in [0.4, 0.5) is 0 Å². The van der Waals surface area contributed by atoms with Crippen LogP contribution < -0.4 is 10.6 Å². The molecule has 0 spiro atoms. The third kappa shape index (κ3) is 4.51. The largest absolute Gasteiger partial charge is 0.465 e. The van der Waals surface area contributed by atoms with Crippen molar-refractivity contribution >= 4 is 11.8 Å². The first-order chi connectivity index (χ1) is 12.5. The zero-order valence-corrected chi connectivity index (χ0v) is 15.1. The summed E-state index contributed by atoms with van der Waals surface area (Å²) in [6.45, 7) is 5.76. The predicted molar refractivity (Wildman–Crippen MR) is 95.1 cm³/mol. The quantitative estimate of drug-likeness (QED) is 0.758. The molecule has 0 unspecified atom stereocenters. The fourth-order valence-corrected chi connectivity index (χ4v) is 3.34. The van der Waals surface area contributed by atoms with Crippen LogP contribution >= 0.6 is 0 Å². The van der Waals surface area contributed by atoms with Crippen molar-refractivity contribution in [1.29, 1.82) is 0 Å². The Morgan fingerprint density at radius 2 is 2.23 bits per heavy atom. The number of likely N-dealkylation sites (tertiary alicyclic amines) is 1. The van der Waals surface area contributed by atoms with Crippen LogP contribution in [0.1, 0.15) is 24.9 Å². The number of furan rings is 1. The van der Waals surface area contributed by atoms with Crippen LogP contribution in [0.5, 0.6) is 0 Å². The highest BCUT2D eigenvalue weighted by Crippen LogP contribution is 2.22. The van der Waals surface area contributed by atoms with Crippen molar-refractivity contribution < 1.29 is 14.0 Å².